The number of rotatable bonds is 1. The highest BCUT2D eigenvalue weighted by Gasteiger charge is 2.34. The summed E-state index contributed by atoms with van der Waals surface area (Å²) in [5.74, 6) is -0.179. The van der Waals surface area contributed by atoms with Crippen molar-refractivity contribution in [2.45, 2.75) is 12.6 Å². The Bertz CT molecular complexity index is 444. The van der Waals surface area contributed by atoms with Crippen LogP contribution in [0.2, 0.25) is 0 Å². The van der Waals surface area contributed by atoms with Gasteiger partial charge in [0.05, 0.1) is 17.7 Å². The molecule has 0 N–H and O–H groups in total. The van der Waals surface area contributed by atoms with E-state index in [0.717, 1.165) is 12.1 Å². The average Bonchev–Trinajstić information content (AvgIpc) is 2.50. The zero-order valence-electron chi connectivity index (χ0n) is 8.34. The van der Waals surface area contributed by atoms with Gasteiger partial charge in [0.2, 0.25) is 5.91 Å². The molecule has 0 fully saturated rings. The van der Waals surface area contributed by atoms with Crippen LogP contribution in [-0.4, -0.2) is 12.2 Å². The van der Waals surface area contributed by atoms with Crippen molar-refractivity contribution in [3.63, 3.8) is 0 Å². The van der Waals surface area contributed by atoms with E-state index in [4.69, 9.17) is 0 Å². The molecule has 6 heteroatoms. The van der Waals surface area contributed by atoms with Crippen LogP contribution in [0.15, 0.2) is 18.2 Å². The third-order valence-electron chi connectivity index (χ3n) is 2.38. The van der Waals surface area contributed by atoms with Crippen molar-refractivity contribution in [1.82, 2.24) is 0 Å². The van der Waals surface area contributed by atoms with Crippen LogP contribution in [0.5, 0.6) is 0 Å². The average molecular weight is 247 g/mol. The number of fused-ring (bicyclic) bond motifs is 1. The van der Waals surface area contributed by atoms with Crippen molar-refractivity contribution >= 4 is 23.5 Å². The maximum Gasteiger partial charge on any atom is 0.416 e. The lowest BCUT2D eigenvalue weighted by molar-refractivity contribution is -0.137. The zero-order chi connectivity index (χ0) is 11.9. The van der Waals surface area contributed by atoms with E-state index >= 15 is 0 Å². The molecule has 1 aliphatic heterocycles. The van der Waals surface area contributed by atoms with Crippen LogP contribution in [0.1, 0.15) is 11.1 Å². The Morgan fingerprint density at radius 1 is 1.38 bits per heavy atom. The molecule has 86 valence electrons. The van der Waals surface area contributed by atoms with Crippen molar-refractivity contribution in [3.8, 4) is 0 Å². The zero-order valence-corrected chi connectivity index (χ0v) is 9.15. The smallest absolute Gasteiger partial charge is 0.273 e. The van der Waals surface area contributed by atoms with Crippen LogP contribution in [0.4, 0.5) is 18.9 Å². The Morgan fingerprint density at radius 2 is 2.06 bits per heavy atom. The predicted molar refractivity (Wildman–Crippen MR) is 56.1 cm³/mol. The lowest BCUT2D eigenvalue weighted by Crippen LogP contribution is -2.17. The molecule has 0 spiro atoms. The second-order valence-electron chi connectivity index (χ2n) is 3.39. The molecule has 1 aliphatic rings. The Morgan fingerprint density at radius 3 is 2.62 bits per heavy atom. The number of amides is 1. The van der Waals surface area contributed by atoms with Gasteiger partial charge >= 0.3 is 6.18 Å². The molecule has 0 aromatic heterocycles. The molecular weight excluding hydrogens is 239 g/mol. The molecule has 0 bridgehead atoms. The van der Waals surface area contributed by atoms with Crippen LogP contribution in [-0.2, 0) is 17.4 Å². The minimum absolute atomic E-state index is 0.0418. The number of benzene rings is 1. The first-order valence-electron chi connectivity index (χ1n) is 4.50. The van der Waals surface area contributed by atoms with E-state index in [1.54, 1.807) is 6.26 Å². The van der Waals surface area contributed by atoms with Gasteiger partial charge in [-0.2, -0.15) is 13.2 Å². The van der Waals surface area contributed by atoms with Crippen molar-refractivity contribution < 1.29 is 18.0 Å². The minimum Gasteiger partial charge on any atom is -0.273 e. The van der Waals surface area contributed by atoms with Gasteiger partial charge in [-0.25, -0.2) is 0 Å². The summed E-state index contributed by atoms with van der Waals surface area (Å²) in [6.07, 6.45) is -2.60. The number of halogens is 3. The fraction of sp³-hybridized carbons (Fsp3) is 0.300. The van der Waals surface area contributed by atoms with Crippen molar-refractivity contribution in [3.05, 3.63) is 29.3 Å². The molecule has 0 aliphatic carbocycles. The lowest BCUT2D eigenvalue weighted by Gasteiger charge is -2.13. The van der Waals surface area contributed by atoms with Crippen LogP contribution < -0.4 is 4.31 Å². The minimum atomic E-state index is -4.36. The third-order valence-corrected chi connectivity index (χ3v) is 3.14. The highest BCUT2D eigenvalue weighted by Crippen LogP contribution is 2.37. The number of anilines is 1. The Kier molecular flexibility index (Phi) is 2.61. The molecule has 0 radical (unpaired) electrons. The number of nitrogens with zero attached hydrogens (tertiary/aromatic N) is 1. The van der Waals surface area contributed by atoms with E-state index < -0.39 is 11.7 Å². The summed E-state index contributed by atoms with van der Waals surface area (Å²) in [4.78, 5) is 11.4. The number of alkyl halides is 3. The quantitative estimate of drug-likeness (QED) is 0.711. The Labute approximate surface area is 94.6 Å². The normalized spacial score (nSPS) is 15.5. The van der Waals surface area contributed by atoms with Crippen LogP contribution >= 0.6 is 11.9 Å². The summed E-state index contributed by atoms with van der Waals surface area (Å²) in [6, 6.07) is 3.39. The molecule has 1 aromatic rings. The van der Waals surface area contributed by atoms with E-state index in [0.29, 0.717) is 11.3 Å². The SMILES string of the molecule is CSN1C(=O)Cc2cc(C(F)(F)F)ccc21. The molecule has 2 rings (SSSR count). The first-order valence-corrected chi connectivity index (χ1v) is 5.69. The van der Waals surface area contributed by atoms with E-state index in [9.17, 15) is 18.0 Å². The molecule has 16 heavy (non-hydrogen) atoms. The van der Waals surface area contributed by atoms with Crippen LogP contribution in [0.25, 0.3) is 0 Å². The molecule has 0 atom stereocenters. The van der Waals surface area contributed by atoms with E-state index in [1.807, 2.05) is 0 Å². The highest BCUT2D eigenvalue weighted by molar-refractivity contribution is 8.00. The molecule has 0 saturated carbocycles. The topological polar surface area (TPSA) is 20.3 Å². The first kappa shape index (κ1) is 11.3. The second-order valence-corrected chi connectivity index (χ2v) is 4.12. The second kappa shape index (κ2) is 3.69. The molecule has 1 heterocycles. The largest absolute Gasteiger partial charge is 0.416 e. The van der Waals surface area contributed by atoms with E-state index in [2.05, 4.69) is 0 Å². The van der Waals surface area contributed by atoms with Gasteiger partial charge in [0.25, 0.3) is 0 Å². The Hall–Kier alpha value is -1.17. The summed E-state index contributed by atoms with van der Waals surface area (Å²) in [7, 11) is 0. The highest BCUT2D eigenvalue weighted by atomic mass is 32.2. The maximum absolute atomic E-state index is 12.4. The number of carbonyl (C=O) groups is 1. The van der Waals surface area contributed by atoms with Gasteiger partial charge < -0.3 is 0 Å². The summed E-state index contributed by atoms with van der Waals surface area (Å²) >= 11 is 1.20. The van der Waals surface area contributed by atoms with Crippen LogP contribution in [0.3, 0.4) is 0 Å². The molecule has 1 amide bonds. The van der Waals surface area contributed by atoms with E-state index in [-0.39, 0.29) is 12.3 Å². The number of carbonyl (C=O) groups excluding carboxylic acids is 1. The molecule has 2 nitrogen and oxygen atoms in total. The van der Waals surface area contributed by atoms with E-state index in [1.165, 1.54) is 22.3 Å². The Balaban J connectivity index is 2.44. The van der Waals surface area contributed by atoms with Crippen molar-refractivity contribution in [2.24, 2.45) is 0 Å². The monoisotopic (exact) mass is 247 g/mol. The molecule has 1 aromatic carbocycles. The molecular formula is C10H8F3NOS. The molecule has 0 saturated heterocycles. The summed E-state index contributed by atoms with van der Waals surface area (Å²) < 4.78 is 38.7. The van der Waals surface area contributed by atoms with Gasteiger partial charge in [-0.1, -0.05) is 0 Å². The molecule has 0 unspecified atom stereocenters. The van der Waals surface area contributed by atoms with Gasteiger partial charge in [0.1, 0.15) is 0 Å². The van der Waals surface area contributed by atoms with Gasteiger partial charge in [0, 0.05) is 6.26 Å². The van der Waals surface area contributed by atoms with Crippen molar-refractivity contribution in [1.29, 1.82) is 0 Å². The number of hydrogen-bond donors (Lipinski definition) is 0. The third kappa shape index (κ3) is 1.77. The van der Waals surface area contributed by atoms with Gasteiger partial charge in [0.15, 0.2) is 0 Å². The fourth-order valence-electron chi connectivity index (χ4n) is 1.67. The number of hydrogen-bond acceptors (Lipinski definition) is 2. The standard InChI is InChI=1S/C10H8F3NOS/c1-16-14-8-3-2-7(10(11,12)13)4-6(8)5-9(14)15/h2-4H,5H2,1H3. The summed E-state index contributed by atoms with van der Waals surface area (Å²) in [6.45, 7) is 0. The van der Waals surface area contributed by atoms with Crippen LogP contribution in [0, 0.1) is 0 Å². The van der Waals surface area contributed by atoms with Gasteiger partial charge in [-0.15, -0.1) is 0 Å². The lowest BCUT2D eigenvalue weighted by atomic mass is 10.1. The van der Waals surface area contributed by atoms with Gasteiger partial charge in [-0.05, 0) is 35.7 Å². The van der Waals surface area contributed by atoms with Crippen molar-refractivity contribution in [2.75, 3.05) is 10.6 Å². The summed E-state index contributed by atoms with van der Waals surface area (Å²) in [5.41, 5.74) is 0.293. The van der Waals surface area contributed by atoms with Gasteiger partial charge in [-0.3, -0.25) is 9.10 Å². The fourth-order valence-corrected chi connectivity index (χ4v) is 2.31. The first-order chi connectivity index (χ1) is 7.43. The maximum atomic E-state index is 12.4. The summed E-state index contributed by atoms with van der Waals surface area (Å²) in [5, 5.41) is 0. The predicted octanol–water partition coefficient (Wildman–Crippen LogP) is 2.87.